The van der Waals surface area contributed by atoms with Crippen molar-refractivity contribution >= 4 is 29.9 Å². The van der Waals surface area contributed by atoms with Crippen LogP contribution in [0.25, 0.3) is 0 Å². The molecule has 0 spiro atoms. The highest BCUT2D eigenvalue weighted by Gasteiger charge is 2.30. The van der Waals surface area contributed by atoms with Crippen LogP contribution in [0.5, 0.6) is 0 Å². The summed E-state index contributed by atoms with van der Waals surface area (Å²) in [5.74, 6) is 1.11. The number of aliphatic imine (C=N–C) groups is 1. The van der Waals surface area contributed by atoms with E-state index in [9.17, 15) is 5.11 Å². The summed E-state index contributed by atoms with van der Waals surface area (Å²) in [6.07, 6.45) is 6.91. The van der Waals surface area contributed by atoms with Crippen molar-refractivity contribution in [2.75, 3.05) is 58.9 Å². The Morgan fingerprint density at radius 3 is 2.50 bits per heavy atom. The molecule has 1 unspecified atom stereocenters. The molecule has 0 aliphatic carbocycles. The lowest BCUT2D eigenvalue weighted by Gasteiger charge is -2.29. The maximum Gasteiger partial charge on any atom is 0.193 e. The van der Waals surface area contributed by atoms with Gasteiger partial charge in [-0.2, -0.15) is 0 Å². The Kier molecular flexibility index (Phi) is 9.94. The molecule has 2 N–H and O–H groups in total. The molecule has 26 heavy (non-hydrogen) atoms. The van der Waals surface area contributed by atoms with Crippen LogP contribution in [0, 0.1) is 0 Å². The summed E-state index contributed by atoms with van der Waals surface area (Å²) in [4.78, 5) is 12.5. The van der Waals surface area contributed by atoms with Crippen LogP contribution in [0.4, 0.5) is 0 Å². The van der Waals surface area contributed by atoms with Gasteiger partial charge in [0, 0.05) is 45.3 Å². The first-order valence-electron chi connectivity index (χ1n) is 10.4. The van der Waals surface area contributed by atoms with Crippen LogP contribution in [-0.2, 0) is 0 Å². The summed E-state index contributed by atoms with van der Waals surface area (Å²) in [5, 5.41) is 13.1. The number of aliphatic hydroxyl groups is 1. The quantitative estimate of drug-likeness (QED) is 0.262. The SMILES string of the molecule is CCNC(=NCCCN1CCC(O)CC1)N1CCC(N2CCCC2)C1.I. The number of guanidine groups is 1. The van der Waals surface area contributed by atoms with E-state index in [-0.39, 0.29) is 30.1 Å². The van der Waals surface area contributed by atoms with Gasteiger partial charge in [-0.3, -0.25) is 9.89 Å². The lowest BCUT2D eigenvalue weighted by atomic mass is 10.1. The summed E-state index contributed by atoms with van der Waals surface area (Å²) in [7, 11) is 0. The fourth-order valence-corrected chi connectivity index (χ4v) is 4.39. The molecule has 152 valence electrons. The number of hydrogen-bond acceptors (Lipinski definition) is 4. The Hall–Kier alpha value is -0.120. The number of nitrogens with one attached hydrogen (secondary N) is 1. The van der Waals surface area contributed by atoms with Crippen LogP contribution in [0.1, 0.15) is 45.4 Å². The Balaban J connectivity index is 0.00000243. The zero-order valence-electron chi connectivity index (χ0n) is 16.4. The lowest BCUT2D eigenvalue weighted by molar-refractivity contribution is 0.0824. The molecule has 3 aliphatic heterocycles. The first-order valence-corrected chi connectivity index (χ1v) is 10.4. The first-order chi connectivity index (χ1) is 12.3. The van der Waals surface area contributed by atoms with E-state index in [4.69, 9.17) is 4.99 Å². The predicted molar refractivity (Wildman–Crippen MR) is 118 cm³/mol. The zero-order valence-corrected chi connectivity index (χ0v) is 18.7. The maximum atomic E-state index is 9.59. The van der Waals surface area contributed by atoms with Gasteiger partial charge < -0.3 is 20.2 Å². The number of likely N-dealkylation sites (tertiary alicyclic amines) is 3. The van der Waals surface area contributed by atoms with Crippen LogP contribution in [0.3, 0.4) is 0 Å². The minimum Gasteiger partial charge on any atom is -0.393 e. The van der Waals surface area contributed by atoms with E-state index in [2.05, 4.69) is 26.9 Å². The van der Waals surface area contributed by atoms with Crippen molar-refractivity contribution in [1.82, 2.24) is 20.0 Å². The van der Waals surface area contributed by atoms with Gasteiger partial charge in [0.2, 0.25) is 0 Å². The maximum absolute atomic E-state index is 9.59. The second-order valence-electron chi connectivity index (χ2n) is 7.79. The minimum absolute atomic E-state index is 0. The molecule has 0 amide bonds. The van der Waals surface area contributed by atoms with Crippen LogP contribution >= 0.6 is 24.0 Å². The van der Waals surface area contributed by atoms with Gasteiger partial charge in [-0.25, -0.2) is 0 Å². The average Bonchev–Trinajstić information content (AvgIpc) is 3.30. The molecule has 1 atom stereocenters. The number of nitrogens with zero attached hydrogens (tertiary/aromatic N) is 4. The van der Waals surface area contributed by atoms with Gasteiger partial charge >= 0.3 is 0 Å². The number of halogens is 1. The smallest absolute Gasteiger partial charge is 0.193 e. The molecule has 3 heterocycles. The van der Waals surface area contributed by atoms with Crippen LogP contribution < -0.4 is 5.32 Å². The molecule has 6 nitrogen and oxygen atoms in total. The van der Waals surface area contributed by atoms with E-state index in [1.165, 1.54) is 32.4 Å². The molecular formula is C19H38IN5O. The van der Waals surface area contributed by atoms with Crippen molar-refractivity contribution in [1.29, 1.82) is 0 Å². The van der Waals surface area contributed by atoms with E-state index in [1.54, 1.807) is 0 Å². The van der Waals surface area contributed by atoms with E-state index in [0.29, 0.717) is 0 Å². The second kappa shape index (κ2) is 11.7. The largest absolute Gasteiger partial charge is 0.393 e. The van der Waals surface area contributed by atoms with E-state index < -0.39 is 0 Å². The van der Waals surface area contributed by atoms with Crippen molar-refractivity contribution in [2.24, 2.45) is 4.99 Å². The molecule has 3 aliphatic rings. The van der Waals surface area contributed by atoms with Crippen molar-refractivity contribution in [2.45, 2.75) is 57.6 Å². The molecule has 0 saturated carbocycles. The normalized spacial score (nSPS) is 26.3. The van der Waals surface area contributed by atoms with Gasteiger partial charge in [0.05, 0.1) is 6.10 Å². The highest BCUT2D eigenvalue weighted by atomic mass is 127. The topological polar surface area (TPSA) is 54.3 Å². The highest BCUT2D eigenvalue weighted by molar-refractivity contribution is 14.0. The van der Waals surface area contributed by atoms with Gasteiger partial charge in [0.25, 0.3) is 0 Å². The van der Waals surface area contributed by atoms with Crippen LogP contribution in [-0.4, -0.2) is 96.8 Å². The summed E-state index contributed by atoms with van der Waals surface area (Å²) < 4.78 is 0. The molecule has 0 radical (unpaired) electrons. The Morgan fingerprint density at radius 1 is 1.08 bits per heavy atom. The molecule has 0 aromatic rings. The Bertz CT molecular complexity index is 422. The molecule has 3 saturated heterocycles. The average molecular weight is 479 g/mol. The van der Waals surface area contributed by atoms with Crippen LogP contribution in [0.15, 0.2) is 4.99 Å². The van der Waals surface area contributed by atoms with Crippen molar-refractivity contribution in [3.63, 3.8) is 0 Å². The van der Waals surface area contributed by atoms with E-state index in [1.807, 2.05) is 0 Å². The van der Waals surface area contributed by atoms with Gasteiger partial charge in [0.1, 0.15) is 0 Å². The van der Waals surface area contributed by atoms with Crippen molar-refractivity contribution in [3.05, 3.63) is 0 Å². The monoisotopic (exact) mass is 479 g/mol. The first kappa shape index (κ1) is 22.2. The zero-order chi connectivity index (χ0) is 17.5. The number of aliphatic hydroxyl groups excluding tert-OH is 1. The van der Waals surface area contributed by atoms with Gasteiger partial charge in [0.15, 0.2) is 5.96 Å². The summed E-state index contributed by atoms with van der Waals surface area (Å²) in [6, 6.07) is 0.728. The van der Waals surface area contributed by atoms with Gasteiger partial charge in [-0.15, -0.1) is 24.0 Å². The summed E-state index contributed by atoms with van der Waals surface area (Å²) >= 11 is 0. The molecule has 3 rings (SSSR count). The summed E-state index contributed by atoms with van der Waals surface area (Å²) in [6.45, 7) is 12.0. The second-order valence-corrected chi connectivity index (χ2v) is 7.79. The van der Waals surface area contributed by atoms with Crippen LogP contribution in [0.2, 0.25) is 0 Å². The molecule has 3 fully saturated rings. The number of rotatable bonds is 6. The van der Waals surface area contributed by atoms with E-state index in [0.717, 1.165) is 77.1 Å². The lowest BCUT2D eigenvalue weighted by Crippen LogP contribution is -2.43. The third-order valence-electron chi connectivity index (χ3n) is 5.91. The third-order valence-corrected chi connectivity index (χ3v) is 5.91. The molecular weight excluding hydrogens is 441 g/mol. The fourth-order valence-electron chi connectivity index (χ4n) is 4.39. The standard InChI is InChI=1S/C19H37N5O.HI/c1-2-20-19(21-9-5-10-22-13-7-18(25)8-14-22)24-15-6-17(16-24)23-11-3-4-12-23;/h17-18,25H,2-16H2,1H3,(H,20,21);1H. The molecule has 0 aromatic heterocycles. The Labute approximate surface area is 176 Å². The highest BCUT2D eigenvalue weighted by Crippen LogP contribution is 2.20. The predicted octanol–water partition coefficient (Wildman–Crippen LogP) is 1.59. The van der Waals surface area contributed by atoms with Gasteiger partial charge in [-0.05, 0) is 65.1 Å². The Morgan fingerprint density at radius 2 is 1.81 bits per heavy atom. The van der Waals surface area contributed by atoms with Crippen molar-refractivity contribution < 1.29 is 5.11 Å². The van der Waals surface area contributed by atoms with Gasteiger partial charge in [-0.1, -0.05) is 0 Å². The van der Waals surface area contributed by atoms with E-state index >= 15 is 0 Å². The minimum atomic E-state index is -0.0756. The fraction of sp³-hybridized carbons (Fsp3) is 0.947. The third kappa shape index (κ3) is 6.49. The molecule has 0 aromatic carbocycles. The number of piperidine rings is 1. The molecule has 0 bridgehead atoms. The van der Waals surface area contributed by atoms with Crippen molar-refractivity contribution in [3.8, 4) is 0 Å². The molecule has 7 heteroatoms. The summed E-state index contributed by atoms with van der Waals surface area (Å²) in [5.41, 5.74) is 0. The number of hydrogen-bond donors (Lipinski definition) is 2.